The zero-order chi connectivity index (χ0) is 15.4. The molecule has 2 aromatic rings. The summed E-state index contributed by atoms with van der Waals surface area (Å²) in [4.78, 5) is 0. The van der Waals surface area contributed by atoms with E-state index in [9.17, 15) is 4.39 Å². The van der Waals surface area contributed by atoms with Crippen molar-refractivity contribution in [2.24, 2.45) is 10.9 Å². The molecule has 0 unspecified atom stereocenters. The number of rotatable bonds is 4. The standard InChI is InChI=1S/C14H11BrClFN2O2/c15-11-6-10(16)3-4-13(11)21-7-9-2-1-8(5-12(9)17)14(18)19-20/h1-6,20H,7H2,(H2,18,19). The minimum Gasteiger partial charge on any atom is -0.488 e. The highest BCUT2D eigenvalue weighted by Crippen LogP contribution is 2.28. The molecule has 0 fully saturated rings. The Balaban J connectivity index is 2.13. The third kappa shape index (κ3) is 3.86. The quantitative estimate of drug-likeness (QED) is 0.369. The third-order valence-corrected chi connectivity index (χ3v) is 3.59. The second kappa shape index (κ2) is 6.78. The fourth-order valence-corrected chi connectivity index (χ4v) is 2.43. The van der Waals surface area contributed by atoms with Crippen LogP contribution in [0.3, 0.4) is 0 Å². The van der Waals surface area contributed by atoms with Gasteiger partial charge in [0.15, 0.2) is 5.84 Å². The van der Waals surface area contributed by atoms with Crippen LogP contribution in [0.25, 0.3) is 0 Å². The first-order valence-corrected chi connectivity index (χ1v) is 7.02. The number of hydrogen-bond acceptors (Lipinski definition) is 3. The Hall–Kier alpha value is -1.79. The molecule has 4 nitrogen and oxygen atoms in total. The maximum Gasteiger partial charge on any atom is 0.170 e. The van der Waals surface area contributed by atoms with E-state index in [4.69, 9.17) is 27.3 Å². The number of benzene rings is 2. The number of nitrogens with two attached hydrogens (primary N) is 1. The highest BCUT2D eigenvalue weighted by molar-refractivity contribution is 9.10. The van der Waals surface area contributed by atoms with Crippen LogP contribution in [0.4, 0.5) is 4.39 Å². The summed E-state index contributed by atoms with van der Waals surface area (Å²) in [7, 11) is 0. The van der Waals surface area contributed by atoms with Gasteiger partial charge in [-0.3, -0.25) is 0 Å². The lowest BCUT2D eigenvalue weighted by Gasteiger charge is -2.10. The van der Waals surface area contributed by atoms with Gasteiger partial charge in [0.05, 0.1) is 4.47 Å². The molecule has 0 spiro atoms. The molecule has 2 rings (SSSR count). The summed E-state index contributed by atoms with van der Waals surface area (Å²) in [5.41, 5.74) is 6.05. The molecule has 0 heterocycles. The Labute approximate surface area is 134 Å². The summed E-state index contributed by atoms with van der Waals surface area (Å²) in [6, 6.07) is 9.31. The van der Waals surface area contributed by atoms with E-state index in [1.54, 1.807) is 24.3 Å². The number of halogens is 3. The van der Waals surface area contributed by atoms with Crippen LogP contribution in [-0.4, -0.2) is 11.0 Å². The van der Waals surface area contributed by atoms with E-state index in [-0.39, 0.29) is 12.4 Å². The minimum atomic E-state index is -0.496. The average molecular weight is 374 g/mol. The molecule has 0 aliphatic carbocycles. The summed E-state index contributed by atoms with van der Waals surface area (Å²) in [6.45, 7) is 0.0442. The summed E-state index contributed by atoms with van der Waals surface area (Å²) in [5.74, 6) is -0.0923. The first-order valence-electron chi connectivity index (χ1n) is 5.85. The molecule has 0 aliphatic rings. The topological polar surface area (TPSA) is 67.8 Å². The van der Waals surface area contributed by atoms with Crippen molar-refractivity contribution in [3.8, 4) is 5.75 Å². The first-order chi connectivity index (χ1) is 10.0. The number of nitrogens with zero attached hydrogens (tertiary/aromatic N) is 1. The van der Waals surface area contributed by atoms with Crippen molar-refractivity contribution in [2.75, 3.05) is 0 Å². The molecule has 0 saturated carbocycles. The zero-order valence-corrected chi connectivity index (χ0v) is 13.0. The predicted molar refractivity (Wildman–Crippen MR) is 82.4 cm³/mol. The molecule has 110 valence electrons. The lowest BCUT2D eigenvalue weighted by atomic mass is 10.1. The second-order valence-corrected chi connectivity index (χ2v) is 5.45. The Kier molecular flexibility index (Phi) is 5.03. The van der Waals surface area contributed by atoms with Crippen LogP contribution in [0.15, 0.2) is 46.0 Å². The number of ether oxygens (including phenoxy) is 1. The van der Waals surface area contributed by atoms with E-state index in [1.165, 1.54) is 12.1 Å². The van der Waals surface area contributed by atoms with Gasteiger partial charge in [0.25, 0.3) is 0 Å². The molecule has 7 heteroatoms. The Morgan fingerprint density at radius 3 is 2.71 bits per heavy atom. The van der Waals surface area contributed by atoms with Crippen LogP contribution in [0.2, 0.25) is 5.02 Å². The molecule has 0 aliphatic heterocycles. The maximum atomic E-state index is 13.9. The molecule has 2 aromatic carbocycles. The molecular formula is C14H11BrClFN2O2. The molecular weight excluding hydrogens is 363 g/mol. The second-order valence-electron chi connectivity index (χ2n) is 4.15. The molecule has 0 atom stereocenters. The molecule has 0 bridgehead atoms. The monoisotopic (exact) mass is 372 g/mol. The SMILES string of the molecule is N/C(=N\O)c1ccc(COc2ccc(Cl)cc2Br)c(F)c1. The lowest BCUT2D eigenvalue weighted by molar-refractivity contribution is 0.298. The molecule has 3 N–H and O–H groups in total. The zero-order valence-electron chi connectivity index (χ0n) is 10.7. The van der Waals surface area contributed by atoms with E-state index in [0.29, 0.717) is 26.4 Å². The van der Waals surface area contributed by atoms with Crippen LogP contribution in [0.5, 0.6) is 5.75 Å². The van der Waals surface area contributed by atoms with Gasteiger partial charge in [0.2, 0.25) is 0 Å². The van der Waals surface area contributed by atoms with Crippen molar-refractivity contribution in [3.63, 3.8) is 0 Å². The summed E-state index contributed by atoms with van der Waals surface area (Å²) in [6.07, 6.45) is 0. The Bertz CT molecular complexity index is 695. The predicted octanol–water partition coefficient (Wildman–Crippen LogP) is 3.92. The average Bonchev–Trinajstić information content (AvgIpc) is 2.46. The maximum absolute atomic E-state index is 13.9. The van der Waals surface area contributed by atoms with E-state index in [1.807, 2.05) is 0 Å². The minimum absolute atomic E-state index is 0.0442. The molecule has 0 aromatic heterocycles. The van der Waals surface area contributed by atoms with Crippen molar-refractivity contribution in [1.29, 1.82) is 0 Å². The van der Waals surface area contributed by atoms with Gasteiger partial charge in [-0.2, -0.15) is 0 Å². The Morgan fingerprint density at radius 2 is 2.10 bits per heavy atom. The van der Waals surface area contributed by atoms with Crippen molar-refractivity contribution in [2.45, 2.75) is 6.61 Å². The van der Waals surface area contributed by atoms with Crippen LogP contribution >= 0.6 is 27.5 Å². The van der Waals surface area contributed by atoms with Gasteiger partial charge in [-0.25, -0.2) is 4.39 Å². The fraction of sp³-hybridized carbons (Fsp3) is 0.0714. The van der Waals surface area contributed by atoms with E-state index >= 15 is 0 Å². The smallest absolute Gasteiger partial charge is 0.170 e. The lowest BCUT2D eigenvalue weighted by Crippen LogP contribution is -2.13. The molecule has 0 amide bonds. The van der Waals surface area contributed by atoms with Crippen LogP contribution in [-0.2, 0) is 6.61 Å². The highest BCUT2D eigenvalue weighted by Gasteiger charge is 2.08. The van der Waals surface area contributed by atoms with Gasteiger partial charge in [0, 0.05) is 16.1 Å². The summed E-state index contributed by atoms with van der Waals surface area (Å²) >= 11 is 9.15. The van der Waals surface area contributed by atoms with Gasteiger partial charge < -0.3 is 15.7 Å². The molecule has 0 saturated heterocycles. The fourth-order valence-electron chi connectivity index (χ4n) is 1.63. The van der Waals surface area contributed by atoms with Crippen molar-refractivity contribution < 1.29 is 14.3 Å². The Morgan fingerprint density at radius 1 is 1.33 bits per heavy atom. The largest absolute Gasteiger partial charge is 0.488 e. The van der Waals surface area contributed by atoms with Crippen LogP contribution < -0.4 is 10.5 Å². The normalized spacial score (nSPS) is 11.5. The molecule has 21 heavy (non-hydrogen) atoms. The number of amidine groups is 1. The summed E-state index contributed by atoms with van der Waals surface area (Å²) in [5, 5.41) is 11.9. The van der Waals surface area contributed by atoms with E-state index in [0.717, 1.165) is 0 Å². The van der Waals surface area contributed by atoms with Crippen LogP contribution in [0, 0.1) is 5.82 Å². The van der Waals surface area contributed by atoms with Gasteiger partial charge in [-0.05, 0) is 40.2 Å². The van der Waals surface area contributed by atoms with Crippen molar-refractivity contribution in [1.82, 2.24) is 0 Å². The van der Waals surface area contributed by atoms with Crippen molar-refractivity contribution >= 4 is 33.4 Å². The van der Waals surface area contributed by atoms with Gasteiger partial charge >= 0.3 is 0 Å². The van der Waals surface area contributed by atoms with Gasteiger partial charge in [0.1, 0.15) is 18.2 Å². The van der Waals surface area contributed by atoms with Gasteiger partial charge in [-0.1, -0.05) is 28.9 Å². The van der Waals surface area contributed by atoms with E-state index < -0.39 is 5.82 Å². The van der Waals surface area contributed by atoms with E-state index in [2.05, 4.69) is 21.1 Å². The highest BCUT2D eigenvalue weighted by atomic mass is 79.9. The summed E-state index contributed by atoms with van der Waals surface area (Å²) < 4.78 is 20.1. The van der Waals surface area contributed by atoms with Crippen LogP contribution in [0.1, 0.15) is 11.1 Å². The number of oxime groups is 1. The van der Waals surface area contributed by atoms with Gasteiger partial charge in [-0.15, -0.1) is 0 Å². The molecule has 0 radical (unpaired) electrons. The third-order valence-electron chi connectivity index (χ3n) is 2.73. The first kappa shape index (κ1) is 15.6. The van der Waals surface area contributed by atoms with Crippen molar-refractivity contribution in [3.05, 3.63) is 62.8 Å². The number of hydrogen-bond donors (Lipinski definition) is 2.